The Morgan fingerprint density at radius 1 is 1.30 bits per heavy atom. The lowest BCUT2D eigenvalue weighted by Gasteiger charge is -2.33. The molecule has 1 aromatic carbocycles. The zero-order valence-corrected chi connectivity index (χ0v) is 14.2. The number of benzene rings is 1. The fraction of sp³-hybridized carbons (Fsp3) is 0.333. The van der Waals surface area contributed by atoms with Crippen LogP contribution in [-0.2, 0) is 17.9 Å². The summed E-state index contributed by atoms with van der Waals surface area (Å²) in [6, 6.07) is 4.29. The van der Waals surface area contributed by atoms with E-state index in [1.165, 1.54) is 4.90 Å². The number of carbonyl (C=O) groups excluding carboxylic acids is 1. The van der Waals surface area contributed by atoms with Gasteiger partial charge in [-0.05, 0) is 31.5 Å². The lowest BCUT2D eigenvalue weighted by molar-refractivity contribution is -0.143. The first-order valence-corrected chi connectivity index (χ1v) is 7.86. The second-order valence-electron chi connectivity index (χ2n) is 5.53. The summed E-state index contributed by atoms with van der Waals surface area (Å²) in [5.41, 5.74) is 1.45. The molecule has 0 fully saturated rings. The van der Waals surface area contributed by atoms with E-state index in [4.69, 9.17) is 0 Å². The van der Waals surface area contributed by atoms with E-state index in [0.717, 1.165) is 10.0 Å². The number of carboxylic acid groups (broad SMARTS) is 1. The van der Waals surface area contributed by atoms with Crippen LogP contribution < -0.4 is 0 Å². The van der Waals surface area contributed by atoms with Crippen molar-refractivity contribution in [3.05, 3.63) is 45.4 Å². The van der Waals surface area contributed by atoms with Crippen LogP contribution in [0.15, 0.2) is 22.7 Å². The Morgan fingerprint density at radius 3 is 2.70 bits per heavy atom. The molecule has 8 heteroatoms. The second-order valence-corrected chi connectivity index (χ2v) is 6.38. The molecule has 0 aliphatic carbocycles. The van der Waals surface area contributed by atoms with Crippen molar-refractivity contribution in [1.29, 1.82) is 0 Å². The van der Waals surface area contributed by atoms with Crippen LogP contribution in [0.25, 0.3) is 0 Å². The van der Waals surface area contributed by atoms with Crippen LogP contribution >= 0.6 is 15.9 Å². The zero-order chi connectivity index (χ0) is 16.7. The van der Waals surface area contributed by atoms with Crippen molar-refractivity contribution >= 4 is 27.8 Å². The highest BCUT2D eigenvalue weighted by atomic mass is 79.9. The Morgan fingerprint density at radius 2 is 2.04 bits per heavy atom. The highest BCUT2D eigenvalue weighted by molar-refractivity contribution is 9.10. The summed E-state index contributed by atoms with van der Waals surface area (Å²) in [6.45, 7) is 3.97. The number of hydrogen-bond acceptors (Lipinski definition) is 4. The van der Waals surface area contributed by atoms with E-state index >= 15 is 0 Å². The minimum Gasteiger partial charge on any atom is -0.480 e. The predicted molar refractivity (Wildman–Crippen MR) is 84.9 cm³/mol. The molecular formula is C15H15BrN4O3. The van der Waals surface area contributed by atoms with Crippen molar-refractivity contribution in [2.24, 2.45) is 0 Å². The molecule has 0 radical (unpaired) electrons. The molecule has 120 valence electrons. The Hall–Kier alpha value is -2.22. The molecule has 7 nitrogen and oxygen atoms in total. The monoisotopic (exact) mass is 378 g/mol. The molecule has 0 spiro atoms. The van der Waals surface area contributed by atoms with Gasteiger partial charge in [-0.3, -0.25) is 4.79 Å². The maximum atomic E-state index is 12.8. The van der Waals surface area contributed by atoms with Crippen LogP contribution in [0.2, 0.25) is 0 Å². The molecule has 2 aromatic rings. The number of carbonyl (C=O) groups is 2. The maximum absolute atomic E-state index is 12.8. The molecule has 0 bridgehead atoms. The lowest BCUT2D eigenvalue weighted by atomic mass is 10.1. The zero-order valence-electron chi connectivity index (χ0n) is 12.7. The fourth-order valence-electron chi connectivity index (χ4n) is 2.63. The number of aliphatic carboxylic acids is 1. The Labute approximate surface area is 141 Å². The van der Waals surface area contributed by atoms with E-state index in [1.54, 1.807) is 23.6 Å². The van der Waals surface area contributed by atoms with Crippen molar-refractivity contribution in [2.45, 2.75) is 33.0 Å². The Bertz CT molecular complexity index is 802. The van der Waals surface area contributed by atoms with Gasteiger partial charge in [0.15, 0.2) is 5.82 Å². The van der Waals surface area contributed by atoms with Crippen molar-refractivity contribution in [1.82, 2.24) is 19.7 Å². The molecule has 2 heterocycles. The van der Waals surface area contributed by atoms with Crippen LogP contribution in [0, 0.1) is 13.8 Å². The number of fused-ring (bicyclic) bond motifs is 1. The van der Waals surface area contributed by atoms with Crippen molar-refractivity contribution in [3.8, 4) is 0 Å². The lowest BCUT2D eigenvalue weighted by Crippen LogP contribution is -2.50. The highest BCUT2D eigenvalue weighted by Gasteiger charge is 2.36. The van der Waals surface area contributed by atoms with Crippen molar-refractivity contribution in [2.75, 3.05) is 0 Å². The van der Waals surface area contributed by atoms with Gasteiger partial charge >= 0.3 is 5.97 Å². The minimum atomic E-state index is -1.04. The first-order valence-electron chi connectivity index (χ1n) is 7.07. The molecule has 1 aromatic heterocycles. The molecule has 0 saturated heterocycles. The van der Waals surface area contributed by atoms with E-state index in [1.807, 2.05) is 13.0 Å². The summed E-state index contributed by atoms with van der Waals surface area (Å²) < 4.78 is 2.56. The average Bonchev–Trinajstić information content (AvgIpc) is 2.88. The van der Waals surface area contributed by atoms with Crippen LogP contribution in [0.1, 0.15) is 27.6 Å². The number of aromatic nitrogens is 3. The topological polar surface area (TPSA) is 88.3 Å². The van der Waals surface area contributed by atoms with Gasteiger partial charge in [0.1, 0.15) is 11.9 Å². The van der Waals surface area contributed by atoms with E-state index in [2.05, 4.69) is 26.1 Å². The maximum Gasteiger partial charge on any atom is 0.328 e. The van der Waals surface area contributed by atoms with Crippen LogP contribution in [0.3, 0.4) is 0 Å². The summed E-state index contributed by atoms with van der Waals surface area (Å²) in [4.78, 5) is 25.7. The summed E-state index contributed by atoms with van der Waals surface area (Å²) >= 11 is 3.40. The van der Waals surface area contributed by atoms with Crippen molar-refractivity contribution < 1.29 is 14.7 Å². The number of amides is 1. The number of halogens is 1. The molecule has 1 aliphatic rings. The predicted octanol–water partition coefficient (Wildman–Crippen LogP) is 1.77. The van der Waals surface area contributed by atoms with Gasteiger partial charge in [0.25, 0.3) is 5.91 Å². The van der Waals surface area contributed by atoms with Gasteiger partial charge in [0.2, 0.25) is 0 Å². The first kappa shape index (κ1) is 15.7. The van der Waals surface area contributed by atoms with Gasteiger partial charge in [-0.25, -0.2) is 4.79 Å². The van der Waals surface area contributed by atoms with Crippen LogP contribution in [-0.4, -0.2) is 42.7 Å². The van der Waals surface area contributed by atoms with E-state index in [0.29, 0.717) is 17.2 Å². The molecule has 1 amide bonds. The number of carboxylic acids is 1. The van der Waals surface area contributed by atoms with Crippen LogP contribution in [0.5, 0.6) is 0 Å². The second kappa shape index (κ2) is 5.77. The summed E-state index contributed by atoms with van der Waals surface area (Å²) in [6.07, 6.45) is 0. The molecule has 1 N–H and O–H groups in total. The Balaban J connectivity index is 1.97. The number of nitrogens with zero attached hydrogens (tertiary/aromatic N) is 4. The van der Waals surface area contributed by atoms with E-state index in [9.17, 15) is 14.7 Å². The Kier molecular flexibility index (Phi) is 3.93. The molecule has 1 atom stereocenters. The smallest absolute Gasteiger partial charge is 0.328 e. The SMILES string of the molecule is Cc1ccc(C(=O)N2Cc3nnc(C)n3CC2C(=O)O)cc1Br. The highest BCUT2D eigenvalue weighted by Crippen LogP contribution is 2.23. The quantitative estimate of drug-likeness (QED) is 0.859. The number of hydrogen-bond donors (Lipinski definition) is 1. The van der Waals surface area contributed by atoms with E-state index in [-0.39, 0.29) is 19.0 Å². The molecule has 23 heavy (non-hydrogen) atoms. The molecule has 3 rings (SSSR count). The fourth-order valence-corrected chi connectivity index (χ4v) is 3.01. The van der Waals surface area contributed by atoms with Crippen molar-refractivity contribution in [3.63, 3.8) is 0 Å². The van der Waals surface area contributed by atoms with E-state index < -0.39 is 12.0 Å². The van der Waals surface area contributed by atoms with Gasteiger partial charge in [-0.15, -0.1) is 10.2 Å². The first-order chi connectivity index (χ1) is 10.9. The third-order valence-corrected chi connectivity index (χ3v) is 4.87. The average molecular weight is 379 g/mol. The van der Waals surface area contributed by atoms with Gasteiger partial charge < -0.3 is 14.6 Å². The molecule has 1 aliphatic heterocycles. The van der Waals surface area contributed by atoms with Gasteiger partial charge in [-0.1, -0.05) is 22.0 Å². The van der Waals surface area contributed by atoms with Gasteiger partial charge in [-0.2, -0.15) is 0 Å². The molecule has 0 saturated carbocycles. The number of aryl methyl sites for hydroxylation is 2. The van der Waals surface area contributed by atoms with Crippen LogP contribution in [0.4, 0.5) is 0 Å². The number of rotatable bonds is 2. The third-order valence-electron chi connectivity index (χ3n) is 4.02. The van der Waals surface area contributed by atoms with Gasteiger partial charge in [0, 0.05) is 10.0 Å². The normalized spacial score (nSPS) is 17.0. The standard InChI is InChI=1S/C15H15BrN4O3/c1-8-3-4-10(5-11(8)16)14(21)20-7-13-18-17-9(2)19(13)6-12(20)15(22)23/h3-5,12H,6-7H2,1-2H3,(H,22,23). The summed E-state index contributed by atoms with van der Waals surface area (Å²) in [5, 5.41) is 17.5. The largest absolute Gasteiger partial charge is 0.480 e. The summed E-state index contributed by atoms with van der Waals surface area (Å²) in [5.74, 6) is -0.121. The molecule has 1 unspecified atom stereocenters. The van der Waals surface area contributed by atoms with Gasteiger partial charge in [0.05, 0.1) is 13.1 Å². The molecular weight excluding hydrogens is 364 g/mol. The minimum absolute atomic E-state index is 0.127. The summed E-state index contributed by atoms with van der Waals surface area (Å²) in [7, 11) is 0. The third kappa shape index (κ3) is 2.74.